The van der Waals surface area contributed by atoms with Gasteiger partial charge < -0.3 is 20.3 Å². The van der Waals surface area contributed by atoms with E-state index in [0.29, 0.717) is 40.6 Å². The molecule has 2 saturated heterocycles. The average molecular weight is 563 g/mol. The minimum absolute atomic E-state index is 0.133. The van der Waals surface area contributed by atoms with E-state index < -0.39 is 65.7 Å². The fourth-order valence-corrected chi connectivity index (χ4v) is 5.92. The van der Waals surface area contributed by atoms with Crippen molar-refractivity contribution in [2.45, 2.75) is 56.5 Å². The molecule has 5 amide bonds. The van der Waals surface area contributed by atoms with Gasteiger partial charge in [-0.1, -0.05) is 12.1 Å². The molecule has 1 aliphatic carbocycles. The van der Waals surface area contributed by atoms with Crippen molar-refractivity contribution in [2.24, 2.45) is 0 Å². The molecule has 0 bridgehead atoms. The van der Waals surface area contributed by atoms with E-state index in [1.54, 1.807) is 25.1 Å². The van der Waals surface area contributed by atoms with Crippen molar-refractivity contribution in [3.05, 3.63) is 64.5 Å². The monoisotopic (exact) mass is 562 g/mol. The van der Waals surface area contributed by atoms with Gasteiger partial charge >= 0.3 is 18.3 Å². The first-order chi connectivity index (χ1) is 18.9. The number of rotatable bonds is 4. The lowest BCUT2D eigenvalue weighted by molar-refractivity contribution is -0.144. The Balaban J connectivity index is 1.39. The highest BCUT2D eigenvalue weighted by Crippen LogP contribution is 2.47. The standard InChI is InChI=1S/C27H26F4N4O5/c1-14-3-8-21(18-6-4-16(28)12-20(18)27(29,30)31)35(14)22(36)13-34-23(37)26(40-25(34)39)10-9-15-11-17(5-7-19(15)26)33-24(38)32-2/h4-7,11-12,14,21H,3,8-10,13H2,1-2H3,(H2,32,33,38)/t14-,21+,26+/m0/s1. The number of urea groups is 1. The van der Waals surface area contributed by atoms with Crippen LogP contribution in [0.5, 0.6) is 0 Å². The maximum Gasteiger partial charge on any atom is 0.418 e. The minimum atomic E-state index is -4.84. The molecule has 40 heavy (non-hydrogen) atoms. The second kappa shape index (κ2) is 9.79. The first-order valence-electron chi connectivity index (χ1n) is 12.7. The van der Waals surface area contributed by atoms with Gasteiger partial charge in [0, 0.05) is 30.8 Å². The summed E-state index contributed by atoms with van der Waals surface area (Å²) in [5.74, 6) is -2.51. The lowest BCUT2D eigenvalue weighted by Gasteiger charge is -2.31. The molecule has 9 nitrogen and oxygen atoms in total. The summed E-state index contributed by atoms with van der Waals surface area (Å²) in [4.78, 5) is 53.4. The van der Waals surface area contributed by atoms with Gasteiger partial charge in [-0.25, -0.2) is 18.9 Å². The summed E-state index contributed by atoms with van der Waals surface area (Å²) in [6.45, 7) is 0.951. The summed E-state index contributed by atoms with van der Waals surface area (Å²) < 4.78 is 60.4. The molecule has 2 aliphatic heterocycles. The smallest absolute Gasteiger partial charge is 0.418 e. The van der Waals surface area contributed by atoms with E-state index in [1.807, 2.05) is 0 Å². The molecular weight excluding hydrogens is 536 g/mol. The fourth-order valence-electron chi connectivity index (χ4n) is 5.92. The molecule has 3 atom stereocenters. The Morgan fingerprint density at radius 2 is 1.88 bits per heavy atom. The highest BCUT2D eigenvalue weighted by atomic mass is 19.4. The number of benzene rings is 2. The van der Waals surface area contributed by atoms with Crippen molar-refractivity contribution in [1.82, 2.24) is 15.1 Å². The molecule has 2 fully saturated rings. The average Bonchev–Trinajstić information content (AvgIpc) is 3.53. The van der Waals surface area contributed by atoms with Gasteiger partial charge in [0.25, 0.3) is 5.91 Å². The number of alkyl halides is 3. The van der Waals surface area contributed by atoms with E-state index in [9.17, 15) is 36.7 Å². The fraction of sp³-hybridized carbons (Fsp3) is 0.407. The molecule has 2 aromatic rings. The topological polar surface area (TPSA) is 108 Å². The van der Waals surface area contributed by atoms with E-state index in [0.717, 1.165) is 12.1 Å². The highest BCUT2D eigenvalue weighted by Gasteiger charge is 2.58. The molecular formula is C27H26F4N4O5. The van der Waals surface area contributed by atoms with Crippen LogP contribution in [0.4, 0.5) is 32.8 Å². The zero-order valence-corrected chi connectivity index (χ0v) is 21.6. The van der Waals surface area contributed by atoms with Crippen LogP contribution in [0.25, 0.3) is 0 Å². The van der Waals surface area contributed by atoms with Crippen LogP contribution in [-0.4, -0.2) is 53.4 Å². The number of imide groups is 1. The Bertz CT molecular complexity index is 1410. The lowest BCUT2D eigenvalue weighted by Crippen LogP contribution is -2.46. The Hall–Kier alpha value is -4.16. The molecule has 2 aromatic carbocycles. The molecule has 13 heteroatoms. The van der Waals surface area contributed by atoms with Gasteiger partial charge in [-0.15, -0.1) is 0 Å². The number of hydrogen-bond donors (Lipinski definition) is 2. The second-order valence-corrected chi connectivity index (χ2v) is 10.1. The molecule has 0 saturated carbocycles. The van der Waals surface area contributed by atoms with Gasteiger partial charge in [0.1, 0.15) is 12.4 Å². The molecule has 212 valence electrons. The molecule has 0 unspecified atom stereocenters. The van der Waals surface area contributed by atoms with Crippen LogP contribution in [0.1, 0.15) is 54.5 Å². The van der Waals surface area contributed by atoms with Crippen molar-refractivity contribution in [1.29, 1.82) is 0 Å². The molecule has 0 radical (unpaired) electrons. The summed E-state index contributed by atoms with van der Waals surface area (Å²) in [5, 5.41) is 5.06. The van der Waals surface area contributed by atoms with Crippen LogP contribution < -0.4 is 10.6 Å². The van der Waals surface area contributed by atoms with Gasteiger partial charge in [-0.3, -0.25) is 9.59 Å². The number of fused-ring (bicyclic) bond motifs is 2. The maximum absolute atomic E-state index is 13.7. The predicted molar refractivity (Wildman–Crippen MR) is 132 cm³/mol. The van der Waals surface area contributed by atoms with E-state index in [1.165, 1.54) is 11.9 Å². The van der Waals surface area contributed by atoms with Crippen LogP contribution in [0.15, 0.2) is 36.4 Å². The number of hydrogen-bond acceptors (Lipinski definition) is 5. The summed E-state index contributed by atoms with van der Waals surface area (Å²) in [5.41, 5.74) is -1.44. The van der Waals surface area contributed by atoms with Crippen molar-refractivity contribution < 1.29 is 41.5 Å². The number of carbonyl (C=O) groups is 4. The minimum Gasteiger partial charge on any atom is -0.427 e. The van der Waals surface area contributed by atoms with Crippen LogP contribution in [-0.2, 0) is 32.5 Å². The Kier molecular flexibility index (Phi) is 6.71. The number of carbonyl (C=O) groups excluding carboxylic acids is 4. The summed E-state index contributed by atoms with van der Waals surface area (Å²) in [7, 11) is 1.46. The van der Waals surface area contributed by atoms with E-state index in [-0.39, 0.29) is 18.4 Å². The molecule has 2 N–H and O–H groups in total. The molecule has 3 aliphatic rings. The van der Waals surface area contributed by atoms with Crippen molar-refractivity contribution in [2.75, 3.05) is 18.9 Å². The summed E-state index contributed by atoms with van der Waals surface area (Å²) in [6.07, 6.45) is -4.79. The third kappa shape index (κ3) is 4.52. The zero-order valence-electron chi connectivity index (χ0n) is 21.6. The highest BCUT2D eigenvalue weighted by molar-refractivity contribution is 6.06. The third-order valence-electron chi connectivity index (χ3n) is 7.77. The second-order valence-electron chi connectivity index (χ2n) is 10.1. The van der Waals surface area contributed by atoms with Crippen molar-refractivity contribution in [3.63, 3.8) is 0 Å². The van der Waals surface area contributed by atoms with Gasteiger partial charge in [0.15, 0.2) is 0 Å². The first kappa shape index (κ1) is 27.4. The lowest BCUT2D eigenvalue weighted by atomic mass is 9.94. The third-order valence-corrected chi connectivity index (χ3v) is 7.77. The molecule has 2 heterocycles. The van der Waals surface area contributed by atoms with E-state index in [4.69, 9.17) is 4.74 Å². The molecule has 5 rings (SSSR count). The Labute approximate surface area is 226 Å². The Morgan fingerprint density at radius 3 is 2.58 bits per heavy atom. The van der Waals surface area contributed by atoms with Crippen molar-refractivity contribution >= 4 is 29.6 Å². The number of amides is 5. The zero-order chi connectivity index (χ0) is 29.0. The van der Waals surface area contributed by atoms with Gasteiger partial charge in [0.05, 0.1) is 11.6 Å². The van der Waals surface area contributed by atoms with Gasteiger partial charge in [-0.2, -0.15) is 13.2 Å². The Morgan fingerprint density at radius 1 is 1.12 bits per heavy atom. The van der Waals surface area contributed by atoms with Crippen LogP contribution >= 0.6 is 0 Å². The predicted octanol–water partition coefficient (Wildman–Crippen LogP) is 4.47. The number of halogens is 4. The SMILES string of the molecule is CNC(=O)Nc1ccc2c(c1)CC[C@@]21OC(=O)N(CC(=O)N2[C@@H](c3ccc(F)cc3C(F)(F)F)CC[C@@H]2C)C1=O. The quantitative estimate of drug-likeness (QED) is 0.535. The normalized spacial score (nSPS) is 23.9. The van der Waals surface area contributed by atoms with Crippen LogP contribution in [0.3, 0.4) is 0 Å². The summed E-state index contributed by atoms with van der Waals surface area (Å²) >= 11 is 0. The number of nitrogens with zero attached hydrogens (tertiary/aromatic N) is 2. The number of anilines is 1. The van der Waals surface area contributed by atoms with Crippen molar-refractivity contribution in [3.8, 4) is 0 Å². The van der Waals surface area contributed by atoms with Gasteiger partial charge in [0.2, 0.25) is 11.5 Å². The van der Waals surface area contributed by atoms with E-state index >= 15 is 0 Å². The maximum atomic E-state index is 13.7. The number of nitrogens with one attached hydrogen (secondary N) is 2. The molecule has 0 aromatic heterocycles. The number of ether oxygens (including phenoxy) is 1. The largest absolute Gasteiger partial charge is 0.427 e. The summed E-state index contributed by atoms with van der Waals surface area (Å²) in [6, 6.07) is 5.22. The number of aryl methyl sites for hydroxylation is 1. The van der Waals surface area contributed by atoms with Crippen LogP contribution in [0.2, 0.25) is 0 Å². The first-order valence-corrected chi connectivity index (χ1v) is 12.7. The van der Waals surface area contributed by atoms with Crippen LogP contribution in [0, 0.1) is 5.82 Å². The van der Waals surface area contributed by atoms with Gasteiger partial charge in [-0.05, 0) is 61.6 Å². The van der Waals surface area contributed by atoms with E-state index in [2.05, 4.69) is 10.6 Å². The number of likely N-dealkylation sites (tertiary alicyclic amines) is 1. The molecule has 1 spiro atoms.